The van der Waals surface area contributed by atoms with Crippen molar-refractivity contribution in [3.8, 4) is 0 Å². The van der Waals surface area contributed by atoms with E-state index in [9.17, 15) is 9.59 Å². The van der Waals surface area contributed by atoms with Crippen LogP contribution in [0.1, 0.15) is 243 Å². The maximum Gasteiger partial charge on any atom is 0.306 e. The third-order valence-corrected chi connectivity index (χ3v) is 11.8. The number of pyridine rings is 1. The number of nitrogens with zero attached hydrogens (tertiary/aromatic N) is 2. The molecule has 1 rings (SSSR count). The van der Waals surface area contributed by atoms with Crippen LogP contribution in [0.5, 0.6) is 0 Å². The zero-order chi connectivity index (χ0) is 40.6. The Morgan fingerprint density at radius 3 is 1.48 bits per heavy atom. The first-order valence-corrected chi connectivity index (χ1v) is 24.7. The fraction of sp³-hybridized carbons (Fsp3) is 0.857. The molecule has 0 aliphatic heterocycles. The first kappa shape index (κ1) is 52.4. The van der Waals surface area contributed by atoms with E-state index >= 15 is 0 Å². The highest BCUT2D eigenvalue weighted by atomic mass is 32.1. The number of unbranched alkanes of at least 4 members (excludes halogenated alkanes) is 24. The van der Waals surface area contributed by atoms with Crippen LogP contribution in [0.3, 0.4) is 0 Å². The molecule has 0 amide bonds. The largest absolute Gasteiger partial charge is 0.466 e. The molecular formula is C49H90N2O4S. The summed E-state index contributed by atoms with van der Waals surface area (Å²) in [7, 11) is 0. The molecule has 1 heterocycles. The number of hydrogen-bond acceptors (Lipinski definition) is 7. The van der Waals surface area contributed by atoms with Crippen LogP contribution in [0.15, 0.2) is 24.5 Å². The van der Waals surface area contributed by atoms with Gasteiger partial charge in [0.1, 0.15) is 6.10 Å². The molecule has 326 valence electrons. The summed E-state index contributed by atoms with van der Waals surface area (Å²) in [5.74, 6) is -0.0231. The van der Waals surface area contributed by atoms with Gasteiger partial charge in [0.2, 0.25) is 0 Å². The molecule has 56 heavy (non-hydrogen) atoms. The summed E-state index contributed by atoms with van der Waals surface area (Å²) in [6, 6.07) is 4.12. The Balaban J connectivity index is 2.32. The van der Waals surface area contributed by atoms with Crippen LogP contribution in [0.4, 0.5) is 0 Å². The van der Waals surface area contributed by atoms with Gasteiger partial charge in [-0.25, -0.2) is 0 Å². The number of hydrogen-bond donors (Lipinski definition) is 1. The number of carbonyl (C=O) groups excluding carboxylic acids is 2. The van der Waals surface area contributed by atoms with E-state index in [2.05, 4.69) is 42.8 Å². The average molecular weight is 803 g/mol. The van der Waals surface area contributed by atoms with Gasteiger partial charge in [-0.1, -0.05) is 162 Å². The van der Waals surface area contributed by atoms with Gasteiger partial charge in [-0.15, -0.1) is 0 Å². The van der Waals surface area contributed by atoms with E-state index in [0.717, 1.165) is 90.3 Å². The quantitative estimate of drug-likeness (QED) is 0.0403. The van der Waals surface area contributed by atoms with Gasteiger partial charge in [-0.2, -0.15) is 12.6 Å². The summed E-state index contributed by atoms with van der Waals surface area (Å²) >= 11 is 4.96. The van der Waals surface area contributed by atoms with Crippen LogP contribution in [-0.2, 0) is 19.1 Å². The summed E-state index contributed by atoms with van der Waals surface area (Å²) < 4.78 is 11.6. The Hall–Kier alpha value is -1.60. The molecule has 1 atom stereocenters. The van der Waals surface area contributed by atoms with Crippen LogP contribution < -0.4 is 0 Å². The van der Waals surface area contributed by atoms with Gasteiger partial charge >= 0.3 is 11.9 Å². The standard InChI is InChI=1S/C49H90N2O4S/c1-4-7-10-13-16-17-18-24-32-43-54-48(52)35-29-25-31-42-51(44-47(56)45-37-39-50-40-38-45)41-30-23-19-22-28-36-49(53)55-46(33-26-20-14-11-8-5-2)34-27-21-15-12-9-6-3/h37-40,46-47,56H,4-36,41-44H2,1-3H3. The molecule has 6 nitrogen and oxygen atoms in total. The zero-order valence-corrected chi connectivity index (χ0v) is 38.0. The molecule has 1 aromatic heterocycles. The molecule has 0 radical (unpaired) electrons. The fourth-order valence-corrected chi connectivity index (χ4v) is 8.03. The smallest absolute Gasteiger partial charge is 0.306 e. The fourth-order valence-electron chi connectivity index (χ4n) is 7.63. The maximum atomic E-state index is 12.8. The Morgan fingerprint density at radius 2 is 0.964 bits per heavy atom. The molecule has 1 aromatic rings. The molecule has 0 aliphatic carbocycles. The minimum absolute atomic E-state index is 0.0149. The molecular weight excluding hydrogens is 713 g/mol. The van der Waals surface area contributed by atoms with E-state index in [-0.39, 0.29) is 23.3 Å². The SMILES string of the molecule is CCCCCCCCCCCOC(=O)CCCCCN(CCCCCCCC(=O)OC(CCCCCCCC)CCCCCCCC)CC(S)c1ccncc1. The van der Waals surface area contributed by atoms with Crippen molar-refractivity contribution in [3.05, 3.63) is 30.1 Å². The lowest BCUT2D eigenvalue weighted by atomic mass is 10.0. The summed E-state index contributed by atoms with van der Waals surface area (Å²) in [6.07, 6.45) is 42.2. The Morgan fingerprint density at radius 1 is 0.554 bits per heavy atom. The highest BCUT2D eigenvalue weighted by molar-refractivity contribution is 7.80. The van der Waals surface area contributed by atoms with E-state index in [1.807, 2.05) is 12.4 Å². The number of ether oxygens (including phenoxy) is 2. The second kappa shape index (κ2) is 40.2. The molecule has 0 saturated carbocycles. The third kappa shape index (κ3) is 33.4. The number of thiol groups is 1. The van der Waals surface area contributed by atoms with Gasteiger partial charge in [-0.3, -0.25) is 14.6 Å². The summed E-state index contributed by atoms with van der Waals surface area (Å²) in [6.45, 7) is 10.3. The highest BCUT2D eigenvalue weighted by Crippen LogP contribution is 2.22. The molecule has 0 saturated heterocycles. The molecule has 1 unspecified atom stereocenters. The minimum Gasteiger partial charge on any atom is -0.466 e. The number of esters is 2. The Bertz CT molecular complexity index is 980. The van der Waals surface area contributed by atoms with Gasteiger partial charge in [0, 0.05) is 37.0 Å². The van der Waals surface area contributed by atoms with Crippen molar-refractivity contribution >= 4 is 24.6 Å². The van der Waals surface area contributed by atoms with Crippen LogP contribution in [0.2, 0.25) is 0 Å². The minimum atomic E-state index is -0.0380. The van der Waals surface area contributed by atoms with Gasteiger partial charge in [0.15, 0.2) is 0 Å². The van der Waals surface area contributed by atoms with Crippen LogP contribution in [0, 0.1) is 0 Å². The molecule has 7 heteroatoms. The second-order valence-corrected chi connectivity index (χ2v) is 17.3. The van der Waals surface area contributed by atoms with Crippen LogP contribution >= 0.6 is 12.6 Å². The van der Waals surface area contributed by atoms with E-state index in [4.69, 9.17) is 22.1 Å². The van der Waals surface area contributed by atoms with E-state index in [1.54, 1.807) is 0 Å². The molecule has 0 N–H and O–H groups in total. The zero-order valence-electron chi connectivity index (χ0n) is 37.1. The maximum absolute atomic E-state index is 12.8. The van der Waals surface area contributed by atoms with Crippen molar-refractivity contribution in [2.24, 2.45) is 0 Å². The third-order valence-electron chi connectivity index (χ3n) is 11.3. The van der Waals surface area contributed by atoms with Crippen molar-refractivity contribution in [2.45, 2.75) is 244 Å². The van der Waals surface area contributed by atoms with Gasteiger partial charge in [0.05, 0.1) is 6.61 Å². The number of carbonyl (C=O) groups is 2. The molecule has 0 spiro atoms. The van der Waals surface area contributed by atoms with Crippen molar-refractivity contribution in [2.75, 3.05) is 26.2 Å². The lowest BCUT2D eigenvalue weighted by Gasteiger charge is -2.25. The highest BCUT2D eigenvalue weighted by Gasteiger charge is 2.15. The summed E-state index contributed by atoms with van der Waals surface area (Å²) in [5, 5.41) is 0.144. The predicted molar refractivity (Wildman–Crippen MR) is 243 cm³/mol. The van der Waals surface area contributed by atoms with Gasteiger partial charge in [-0.05, 0) is 88.6 Å². The monoisotopic (exact) mass is 803 g/mol. The lowest BCUT2D eigenvalue weighted by Crippen LogP contribution is -2.29. The second-order valence-electron chi connectivity index (χ2n) is 16.7. The summed E-state index contributed by atoms with van der Waals surface area (Å²) in [4.78, 5) is 31.9. The van der Waals surface area contributed by atoms with Gasteiger partial charge < -0.3 is 14.4 Å². The van der Waals surface area contributed by atoms with Crippen molar-refractivity contribution in [1.29, 1.82) is 0 Å². The Kier molecular flexibility index (Phi) is 37.6. The van der Waals surface area contributed by atoms with Crippen LogP contribution in [0.25, 0.3) is 0 Å². The van der Waals surface area contributed by atoms with Crippen molar-refractivity contribution in [3.63, 3.8) is 0 Å². The molecule has 0 aliphatic rings. The average Bonchev–Trinajstić information content (AvgIpc) is 3.20. The Labute approximate surface area is 352 Å². The lowest BCUT2D eigenvalue weighted by molar-refractivity contribution is -0.150. The molecule has 0 fully saturated rings. The first-order valence-electron chi connectivity index (χ1n) is 24.2. The van der Waals surface area contributed by atoms with Crippen LogP contribution in [-0.4, -0.2) is 54.2 Å². The molecule has 0 bridgehead atoms. The van der Waals surface area contributed by atoms with E-state index < -0.39 is 0 Å². The van der Waals surface area contributed by atoms with E-state index in [0.29, 0.717) is 19.4 Å². The molecule has 0 aromatic carbocycles. The first-order chi connectivity index (χ1) is 27.5. The normalized spacial score (nSPS) is 12.1. The summed E-state index contributed by atoms with van der Waals surface area (Å²) in [5.41, 5.74) is 1.20. The van der Waals surface area contributed by atoms with Crippen molar-refractivity contribution < 1.29 is 19.1 Å². The number of rotatable bonds is 42. The van der Waals surface area contributed by atoms with Crippen molar-refractivity contribution in [1.82, 2.24) is 9.88 Å². The van der Waals surface area contributed by atoms with E-state index in [1.165, 1.54) is 134 Å². The van der Waals surface area contributed by atoms with Gasteiger partial charge in [0.25, 0.3) is 0 Å². The topological polar surface area (TPSA) is 68.7 Å². The number of aromatic nitrogens is 1. The predicted octanol–water partition coefficient (Wildman–Crippen LogP) is 14.7.